The second-order valence-electron chi connectivity index (χ2n) is 4.67. The van der Waals surface area contributed by atoms with Crippen molar-refractivity contribution in [3.63, 3.8) is 0 Å². The van der Waals surface area contributed by atoms with E-state index < -0.39 is 0 Å². The average molecular weight is 273 g/mol. The number of thiophene rings is 1. The Morgan fingerprint density at radius 1 is 1.47 bits per heavy atom. The van der Waals surface area contributed by atoms with E-state index in [1.165, 1.54) is 10.4 Å². The first-order chi connectivity index (χ1) is 9.25. The van der Waals surface area contributed by atoms with Gasteiger partial charge in [0.2, 0.25) is 5.91 Å². The number of rotatable bonds is 2. The number of nitrogens with one attached hydrogen (secondary N) is 1. The lowest BCUT2D eigenvalue weighted by Crippen LogP contribution is -2.24. The summed E-state index contributed by atoms with van der Waals surface area (Å²) in [5.41, 5.74) is 7.46. The number of amides is 1. The van der Waals surface area contributed by atoms with Gasteiger partial charge in [-0.3, -0.25) is 4.79 Å². The molecule has 3 N–H and O–H groups in total. The van der Waals surface area contributed by atoms with Crippen LogP contribution in [0.2, 0.25) is 0 Å². The molecule has 0 spiro atoms. The Morgan fingerprint density at radius 3 is 3.21 bits per heavy atom. The highest BCUT2D eigenvalue weighted by Crippen LogP contribution is 2.35. The van der Waals surface area contributed by atoms with Gasteiger partial charge >= 0.3 is 0 Å². The lowest BCUT2D eigenvalue weighted by molar-refractivity contribution is -0.117. The highest BCUT2D eigenvalue weighted by atomic mass is 32.1. The molecular formula is C14H15N3OS. The van der Waals surface area contributed by atoms with Gasteiger partial charge < -0.3 is 11.1 Å². The van der Waals surface area contributed by atoms with E-state index in [1.54, 1.807) is 29.7 Å². The number of aromatic nitrogens is 1. The number of nitrogens with zero attached hydrogens (tertiary/aromatic N) is 1. The van der Waals surface area contributed by atoms with Gasteiger partial charge in [0.05, 0.1) is 11.6 Å². The van der Waals surface area contributed by atoms with Crippen molar-refractivity contribution in [3.05, 3.63) is 40.2 Å². The van der Waals surface area contributed by atoms with Crippen molar-refractivity contribution in [1.29, 1.82) is 0 Å². The minimum atomic E-state index is -0.0728. The second kappa shape index (κ2) is 5.01. The summed E-state index contributed by atoms with van der Waals surface area (Å²) in [4.78, 5) is 17.8. The van der Waals surface area contributed by atoms with E-state index in [2.05, 4.69) is 21.7 Å². The summed E-state index contributed by atoms with van der Waals surface area (Å²) >= 11 is 1.74. The maximum Gasteiger partial charge on any atom is 0.233 e. The average Bonchev–Trinajstić information content (AvgIpc) is 2.89. The Balaban J connectivity index is 1.81. The quantitative estimate of drug-likeness (QED) is 0.884. The molecule has 2 aromatic heterocycles. The van der Waals surface area contributed by atoms with Gasteiger partial charge in [-0.2, -0.15) is 0 Å². The predicted molar refractivity (Wildman–Crippen MR) is 77.3 cm³/mol. The molecule has 0 bridgehead atoms. The van der Waals surface area contributed by atoms with Crippen LogP contribution in [0, 0.1) is 0 Å². The Hall–Kier alpha value is -1.88. The van der Waals surface area contributed by atoms with Crippen molar-refractivity contribution in [2.45, 2.75) is 25.2 Å². The molecule has 1 amide bonds. The van der Waals surface area contributed by atoms with Crippen LogP contribution >= 0.6 is 11.3 Å². The van der Waals surface area contributed by atoms with E-state index in [9.17, 15) is 4.79 Å². The first-order valence-electron chi connectivity index (χ1n) is 6.33. The molecule has 0 aromatic carbocycles. The first-order valence-corrected chi connectivity index (χ1v) is 7.21. The van der Waals surface area contributed by atoms with Crippen molar-refractivity contribution in [1.82, 2.24) is 4.98 Å². The number of hydrogen-bond donors (Lipinski definition) is 2. The monoisotopic (exact) mass is 273 g/mol. The third-order valence-corrected chi connectivity index (χ3v) is 4.45. The zero-order valence-electron chi connectivity index (χ0n) is 10.4. The van der Waals surface area contributed by atoms with Crippen LogP contribution in [-0.2, 0) is 11.2 Å². The molecule has 2 aromatic rings. The number of aryl methyl sites for hydroxylation is 1. The van der Waals surface area contributed by atoms with E-state index in [0.29, 0.717) is 11.5 Å². The number of carbonyl (C=O) groups excluding carboxylic acids is 1. The fourth-order valence-electron chi connectivity index (χ4n) is 2.48. The van der Waals surface area contributed by atoms with Gasteiger partial charge in [0, 0.05) is 11.1 Å². The van der Waals surface area contributed by atoms with Gasteiger partial charge in [-0.15, -0.1) is 11.3 Å². The van der Waals surface area contributed by atoms with Crippen LogP contribution in [-0.4, -0.2) is 10.9 Å². The molecule has 1 aliphatic carbocycles. The van der Waals surface area contributed by atoms with Crippen LogP contribution in [0.15, 0.2) is 29.8 Å². The summed E-state index contributed by atoms with van der Waals surface area (Å²) < 4.78 is 0. The summed E-state index contributed by atoms with van der Waals surface area (Å²) in [5, 5.41) is 4.90. The fraction of sp³-hybridized carbons (Fsp3) is 0.286. The zero-order chi connectivity index (χ0) is 13.2. The molecule has 0 aliphatic heterocycles. The molecular weight excluding hydrogens is 258 g/mol. The topological polar surface area (TPSA) is 68.0 Å². The zero-order valence-corrected chi connectivity index (χ0v) is 11.2. The molecule has 0 radical (unpaired) electrons. The van der Waals surface area contributed by atoms with Gasteiger partial charge in [0.15, 0.2) is 5.82 Å². The third kappa shape index (κ3) is 2.33. The second-order valence-corrected chi connectivity index (χ2v) is 5.68. The summed E-state index contributed by atoms with van der Waals surface area (Å²) in [7, 11) is 0. The normalized spacial score (nSPS) is 17.8. The Labute approximate surface area is 115 Å². The van der Waals surface area contributed by atoms with Crippen LogP contribution in [0.4, 0.5) is 11.5 Å². The van der Waals surface area contributed by atoms with E-state index >= 15 is 0 Å². The van der Waals surface area contributed by atoms with Crippen molar-refractivity contribution in [2.24, 2.45) is 0 Å². The number of hydrogen-bond acceptors (Lipinski definition) is 4. The van der Waals surface area contributed by atoms with E-state index in [-0.39, 0.29) is 11.8 Å². The molecule has 5 heteroatoms. The van der Waals surface area contributed by atoms with E-state index in [1.807, 2.05) is 0 Å². The van der Waals surface area contributed by atoms with Gasteiger partial charge in [0.1, 0.15) is 0 Å². The largest absolute Gasteiger partial charge is 0.396 e. The molecule has 19 heavy (non-hydrogen) atoms. The molecule has 0 saturated carbocycles. The summed E-state index contributed by atoms with van der Waals surface area (Å²) in [5.74, 6) is 0.371. The Morgan fingerprint density at radius 2 is 2.37 bits per heavy atom. The molecule has 2 heterocycles. The van der Waals surface area contributed by atoms with Crippen molar-refractivity contribution >= 4 is 28.7 Å². The predicted octanol–water partition coefficient (Wildman–Crippen LogP) is 2.78. The fourth-order valence-corrected chi connectivity index (χ4v) is 3.47. The standard InChI is InChI=1S/C14H15N3OS/c15-11-4-2-7-16-13(11)17-14(18)10-3-1-5-12-9(10)6-8-19-12/h2,4,6-8,10H,1,3,5,15H2,(H,16,17,18). The van der Waals surface area contributed by atoms with Crippen LogP contribution in [0.3, 0.4) is 0 Å². The van der Waals surface area contributed by atoms with Crippen molar-refractivity contribution < 1.29 is 4.79 Å². The summed E-state index contributed by atoms with van der Waals surface area (Å²) in [6, 6.07) is 5.55. The molecule has 0 fully saturated rings. The highest BCUT2D eigenvalue weighted by Gasteiger charge is 2.27. The lowest BCUT2D eigenvalue weighted by Gasteiger charge is -2.21. The van der Waals surface area contributed by atoms with Crippen LogP contribution < -0.4 is 11.1 Å². The molecule has 1 atom stereocenters. The van der Waals surface area contributed by atoms with E-state index in [0.717, 1.165) is 19.3 Å². The highest BCUT2D eigenvalue weighted by molar-refractivity contribution is 7.10. The van der Waals surface area contributed by atoms with Crippen molar-refractivity contribution in [3.8, 4) is 0 Å². The Bertz CT molecular complexity index is 608. The molecule has 98 valence electrons. The van der Waals surface area contributed by atoms with Gasteiger partial charge in [-0.1, -0.05) is 0 Å². The molecule has 1 unspecified atom stereocenters. The minimum absolute atomic E-state index is 0.00949. The maximum absolute atomic E-state index is 12.4. The SMILES string of the molecule is Nc1cccnc1NC(=O)C1CCCc2sccc21. The number of nitrogen functional groups attached to an aromatic ring is 1. The number of fused-ring (bicyclic) bond motifs is 1. The van der Waals surface area contributed by atoms with Crippen LogP contribution in [0.25, 0.3) is 0 Å². The van der Waals surface area contributed by atoms with E-state index in [4.69, 9.17) is 5.73 Å². The molecule has 1 aliphatic rings. The first kappa shape index (κ1) is 12.2. The maximum atomic E-state index is 12.4. The smallest absolute Gasteiger partial charge is 0.233 e. The molecule has 3 rings (SSSR count). The number of anilines is 2. The molecule has 4 nitrogen and oxygen atoms in total. The van der Waals surface area contributed by atoms with Crippen LogP contribution in [0.1, 0.15) is 29.2 Å². The van der Waals surface area contributed by atoms with Crippen molar-refractivity contribution in [2.75, 3.05) is 11.1 Å². The Kier molecular flexibility index (Phi) is 3.21. The summed E-state index contributed by atoms with van der Waals surface area (Å²) in [6.07, 6.45) is 4.66. The van der Waals surface area contributed by atoms with Gasteiger partial charge in [0.25, 0.3) is 0 Å². The molecule has 0 saturated heterocycles. The number of carbonyl (C=O) groups is 1. The number of pyridine rings is 1. The number of nitrogens with two attached hydrogens (primary N) is 1. The third-order valence-electron chi connectivity index (χ3n) is 3.45. The minimum Gasteiger partial charge on any atom is -0.396 e. The lowest BCUT2D eigenvalue weighted by atomic mass is 9.87. The van der Waals surface area contributed by atoms with Gasteiger partial charge in [-0.25, -0.2) is 4.98 Å². The van der Waals surface area contributed by atoms with Gasteiger partial charge in [-0.05, 0) is 48.4 Å². The summed E-state index contributed by atoms with van der Waals surface area (Å²) in [6.45, 7) is 0. The van der Waals surface area contributed by atoms with Crippen LogP contribution in [0.5, 0.6) is 0 Å².